The second kappa shape index (κ2) is 14.5. The maximum atomic E-state index is 11.4. The number of hydrazine groups is 3. The second-order valence-electron chi connectivity index (χ2n) is 12.9. The van der Waals surface area contributed by atoms with Crippen molar-refractivity contribution >= 4 is 0 Å². The molecule has 0 spiro atoms. The molecular weight excluding hydrogens is 510 g/mol. The predicted molar refractivity (Wildman–Crippen MR) is 168 cm³/mol. The number of aryl methyl sites for hydroxylation is 1. The summed E-state index contributed by atoms with van der Waals surface area (Å²) in [6, 6.07) is 4.22. The molecule has 0 radical (unpaired) electrons. The van der Waals surface area contributed by atoms with Gasteiger partial charge in [0.25, 0.3) is 0 Å². The normalized spacial score (nSPS) is 25.3. The summed E-state index contributed by atoms with van der Waals surface area (Å²) in [5.41, 5.74) is 4.73. The molecule has 0 saturated carbocycles. The van der Waals surface area contributed by atoms with Crippen LogP contribution >= 0.6 is 0 Å². The summed E-state index contributed by atoms with van der Waals surface area (Å²) in [4.78, 5) is 2.63. The molecule has 41 heavy (non-hydrogen) atoms. The van der Waals surface area contributed by atoms with E-state index in [1.807, 2.05) is 6.07 Å². The smallest absolute Gasteiger partial charge is 0.127 e. The number of hydrogen-bond donors (Lipinski definition) is 1. The summed E-state index contributed by atoms with van der Waals surface area (Å²) in [5, 5.41) is 21.5. The first-order valence-electron chi connectivity index (χ1n) is 16.5. The molecule has 0 aromatic heterocycles. The van der Waals surface area contributed by atoms with Gasteiger partial charge >= 0.3 is 0 Å². The minimum absolute atomic E-state index is 0.118. The maximum Gasteiger partial charge on any atom is 0.127 e. The lowest BCUT2D eigenvalue weighted by Gasteiger charge is -2.44. The number of aromatic hydroxyl groups is 1. The van der Waals surface area contributed by atoms with Crippen molar-refractivity contribution in [2.75, 3.05) is 65.5 Å². The number of rotatable bonds is 11. The Morgan fingerprint density at radius 3 is 2.37 bits per heavy atom. The van der Waals surface area contributed by atoms with E-state index in [-0.39, 0.29) is 5.92 Å². The van der Waals surface area contributed by atoms with Gasteiger partial charge in [-0.15, -0.1) is 5.23 Å². The van der Waals surface area contributed by atoms with Crippen LogP contribution in [0, 0.1) is 5.92 Å². The van der Waals surface area contributed by atoms with Crippen LogP contribution in [0.4, 0.5) is 0 Å². The van der Waals surface area contributed by atoms with E-state index < -0.39 is 0 Å². The van der Waals surface area contributed by atoms with E-state index in [2.05, 4.69) is 64.6 Å². The highest BCUT2D eigenvalue weighted by Crippen LogP contribution is 2.47. The molecule has 1 aliphatic carbocycles. The Labute approximate surface area is 249 Å². The van der Waals surface area contributed by atoms with Gasteiger partial charge in [0.05, 0.1) is 6.61 Å². The standard InChI is InChI=1S/C34H55N5O2/c1-5-6-7-11-29-25-32(40)34(31-24-28(4)12-13-30(31)27(2)3)33(26-29)41-23-10-15-35-14-8-16-37-21-22-38-18-9-17-36(20-19-35)39(37)38/h24-26,30-31,40H,2,5-23H2,1,3-4H3/t30-,31?/m0/s1. The highest BCUT2D eigenvalue weighted by atomic mass is 16.5. The fourth-order valence-corrected chi connectivity index (χ4v) is 7.37. The topological polar surface area (TPSA) is 45.7 Å². The van der Waals surface area contributed by atoms with Crippen LogP contribution < -0.4 is 4.74 Å². The zero-order chi connectivity index (χ0) is 28.8. The minimum Gasteiger partial charge on any atom is -0.507 e. The average Bonchev–Trinajstić information content (AvgIpc) is 3.39. The van der Waals surface area contributed by atoms with Gasteiger partial charge in [-0.2, -0.15) is 0 Å². The van der Waals surface area contributed by atoms with Gasteiger partial charge in [0.15, 0.2) is 0 Å². The zero-order valence-electron chi connectivity index (χ0n) is 26.1. The van der Waals surface area contributed by atoms with Gasteiger partial charge in [-0.05, 0) is 89.0 Å². The lowest BCUT2D eigenvalue weighted by molar-refractivity contribution is -0.282. The van der Waals surface area contributed by atoms with Crippen LogP contribution in [0.25, 0.3) is 0 Å². The molecule has 7 heteroatoms. The SMILES string of the molecule is C=C(C)[C@@H]1CCC(C)=CC1c1c(O)cc(CCCCC)cc1OCCCN1CCCN2CCN3CCCN(CC1)N23. The molecule has 3 fully saturated rings. The monoisotopic (exact) mass is 565 g/mol. The van der Waals surface area contributed by atoms with Crippen molar-refractivity contribution in [3.05, 3.63) is 47.1 Å². The van der Waals surface area contributed by atoms with Crippen LogP contribution in [-0.4, -0.2) is 95.8 Å². The third-order valence-electron chi connectivity index (χ3n) is 9.61. The Morgan fingerprint density at radius 1 is 0.951 bits per heavy atom. The molecule has 5 rings (SSSR count). The third kappa shape index (κ3) is 7.55. The van der Waals surface area contributed by atoms with Gasteiger partial charge in [0.1, 0.15) is 11.5 Å². The lowest BCUT2D eigenvalue weighted by atomic mass is 9.73. The van der Waals surface area contributed by atoms with Gasteiger partial charge in [-0.25, -0.2) is 15.0 Å². The first kappa shape index (κ1) is 30.6. The van der Waals surface area contributed by atoms with E-state index in [1.165, 1.54) is 48.9 Å². The highest BCUT2D eigenvalue weighted by molar-refractivity contribution is 5.52. The molecule has 0 bridgehead atoms. The summed E-state index contributed by atoms with van der Waals surface area (Å²) in [5.74, 6) is 1.72. The highest BCUT2D eigenvalue weighted by Gasteiger charge is 2.37. The van der Waals surface area contributed by atoms with Gasteiger partial charge < -0.3 is 14.7 Å². The number of hydrogen-bond acceptors (Lipinski definition) is 7. The molecule has 3 aliphatic heterocycles. The lowest BCUT2D eigenvalue weighted by Crippen LogP contribution is -2.59. The molecule has 0 amide bonds. The summed E-state index contributed by atoms with van der Waals surface area (Å²) in [6.07, 6.45) is 12.5. The Morgan fingerprint density at radius 2 is 1.66 bits per heavy atom. The fourth-order valence-electron chi connectivity index (χ4n) is 7.37. The Balaban J connectivity index is 1.24. The third-order valence-corrected chi connectivity index (χ3v) is 9.61. The van der Waals surface area contributed by atoms with Crippen LogP contribution in [0.15, 0.2) is 35.9 Å². The molecule has 1 aromatic carbocycles. The number of allylic oxidation sites excluding steroid dienone is 3. The van der Waals surface area contributed by atoms with Crippen molar-refractivity contribution in [2.24, 2.45) is 5.92 Å². The molecule has 2 atom stereocenters. The van der Waals surface area contributed by atoms with Crippen molar-refractivity contribution in [3.63, 3.8) is 0 Å². The van der Waals surface area contributed by atoms with Gasteiger partial charge in [-0.3, -0.25) is 0 Å². The zero-order valence-corrected chi connectivity index (χ0v) is 26.1. The number of ether oxygens (including phenoxy) is 1. The first-order valence-corrected chi connectivity index (χ1v) is 16.5. The summed E-state index contributed by atoms with van der Waals surface area (Å²) in [6.45, 7) is 21.8. The number of nitrogens with zero attached hydrogens (tertiary/aromatic N) is 5. The predicted octanol–water partition coefficient (Wildman–Crippen LogP) is 5.99. The summed E-state index contributed by atoms with van der Waals surface area (Å²) in [7, 11) is 0. The van der Waals surface area contributed by atoms with Crippen molar-refractivity contribution in [2.45, 2.75) is 84.5 Å². The largest absolute Gasteiger partial charge is 0.507 e. The average molecular weight is 566 g/mol. The number of phenolic OH excluding ortho intramolecular Hbond substituents is 1. The molecule has 1 N–H and O–H groups in total. The number of benzene rings is 1. The molecule has 1 aromatic rings. The van der Waals surface area contributed by atoms with Crippen molar-refractivity contribution in [3.8, 4) is 11.5 Å². The van der Waals surface area contributed by atoms with E-state index in [4.69, 9.17) is 4.74 Å². The van der Waals surface area contributed by atoms with Crippen LogP contribution in [0.1, 0.15) is 89.2 Å². The van der Waals surface area contributed by atoms with Crippen LogP contribution in [0.5, 0.6) is 11.5 Å². The molecule has 7 nitrogen and oxygen atoms in total. The Hall–Kier alpha value is -1.90. The van der Waals surface area contributed by atoms with E-state index in [1.54, 1.807) is 0 Å². The molecule has 1 unspecified atom stereocenters. The number of unbranched alkanes of at least 4 members (excludes halogenated alkanes) is 2. The minimum atomic E-state index is 0.118. The molecule has 3 heterocycles. The van der Waals surface area contributed by atoms with Crippen LogP contribution in [0.3, 0.4) is 0 Å². The molecule has 3 saturated heterocycles. The Bertz CT molecular complexity index is 1060. The van der Waals surface area contributed by atoms with Crippen molar-refractivity contribution in [1.82, 2.24) is 25.2 Å². The van der Waals surface area contributed by atoms with E-state index in [0.29, 0.717) is 18.3 Å². The fraction of sp³-hybridized carbons (Fsp3) is 0.706. The van der Waals surface area contributed by atoms with Gasteiger partial charge in [-0.1, -0.05) is 43.6 Å². The molecule has 4 aliphatic rings. The molecule has 228 valence electrons. The quantitative estimate of drug-likeness (QED) is 0.261. The number of phenols is 1. The first-order chi connectivity index (χ1) is 19.9. The second-order valence-corrected chi connectivity index (χ2v) is 12.9. The van der Waals surface area contributed by atoms with Crippen LogP contribution in [-0.2, 0) is 6.42 Å². The van der Waals surface area contributed by atoms with Gasteiger partial charge in [0.2, 0.25) is 0 Å². The van der Waals surface area contributed by atoms with E-state index >= 15 is 0 Å². The summed E-state index contributed by atoms with van der Waals surface area (Å²) >= 11 is 0. The Kier molecular flexibility index (Phi) is 10.8. The van der Waals surface area contributed by atoms with Gasteiger partial charge in [0, 0.05) is 63.8 Å². The maximum absolute atomic E-state index is 11.4. The van der Waals surface area contributed by atoms with Crippen molar-refractivity contribution in [1.29, 1.82) is 0 Å². The molecular formula is C34H55N5O2. The van der Waals surface area contributed by atoms with E-state index in [0.717, 1.165) is 95.8 Å². The summed E-state index contributed by atoms with van der Waals surface area (Å²) < 4.78 is 6.60. The van der Waals surface area contributed by atoms with Crippen molar-refractivity contribution < 1.29 is 9.84 Å². The van der Waals surface area contributed by atoms with Crippen LogP contribution in [0.2, 0.25) is 0 Å². The van der Waals surface area contributed by atoms with E-state index in [9.17, 15) is 5.11 Å².